The summed E-state index contributed by atoms with van der Waals surface area (Å²) in [5.41, 5.74) is 4.67. The second-order valence-electron chi connectivity index (χ2n) is 6.44. The van der Waals surface area contributed by atoms with Crippen LogP contribution in [0.3, 0.4) is 0 Å². The molecule has 4 aromatic rings. The first-order chi connectivity index (χ1) is 14.3. The zero-order valence-electron chi connectivity index (χ0n) is 16.0. The Balaban J connectivity index is 1.66. The SMILES string of the molecule is C=CCOc1ccc(C=Nc2cn(-c3ccccc3)nc2-c2ccccc2)cc1. The van der Waals surface area contributed by atoms with Crippen molar-refractivity contribution in [3.8, 4) is 22.7 Å². The van der Waals surface area contributed by atoms with E-state index in [2.05, 4.69) is 6.58 Å². The molecular weight excluding hydrogens is 358 g/mol. The van der Waals surface area contributed by atoms with Crippen LogP contribution in [0.2, 0.25) is 0 Å². The second kappa shape index (κ2) is 8.85. The van der Waals surface area contributed by atoms with Gasteiger partial charge in [-0.3, -0.25) is 4.99 Å². The first-order valence-electron chi connectivity index (χ1n) is 9.42. The number of benzene rings is 3. The molecule has 0 aliphatic carbocycles. The van der Waals surface area contributed by atoms with Gasteiger partial charge < -0.3 is 4.74 Å². The third-order valence-corrected chi connectivity index (χ3v) is 4.36. The third kappa shape index (κ3) is 4.50. The Kier molecular flexibility index (Phi) is 5.63. The van der Waals surface area contributed by atoms with E-state index in [0.717, 1.165) is 33.9 Å². The molecule has 4 heteroatoms. The van der Waals surface area contributed by atoms with E-state index in [1.165, 1.54) is 0 Å². The van der Waals surface area contributed by atoms with Crippen molar-refractivity contribution in [3.63, 3.8) is 0 Å². The van der Waals surface area contributed by atoms with E-state index in [4.69, 9.17) is 14.8 Å². The number of hydrogen-bond donors (Lipinski definition) is 0. The Morgan fingerprint density at radius 1 is 0.897 bits per heavy atom. The van der Waals surface area contributed by atoms with Gasteiger partial charge in [-0.2, -0.15) is 5.10 Å². The maximum atomic E-state index is 5.53. The van der Waals surface area contributed by atoms with Gasteiger partial charge in [0.25, 0.3) is 0 Å². The maximum Gasteiger partial charge on any atom is 0.119 e. The fourth-order valence-electron chi connectivity index (χ4n) is 2.92. The number of para-hydroxylation sites is 1. The molecular formula is C25H21N3O. The zero-order chi connectivity index (χ0) is 19.9. The van der Waals surface area contributed by atoms with Crippen molar-refractivity contribution in [2.24, 2.45) is 4.99 Å². The van der Waals surface area contributed by atoms with Crippen LogP contribution in [-0.4, -0.2) is 22.6 Å². The van der Waals surface area contributed by atoms with Gasteiger partial charge in [0.15, 0.2) is 0 Å². The summed E-state index contributed by atoms with van der Waals surface area (Å²) in [7, 11) is 0. The smallest absolute Gasteiger partial charge is 0.119 e. The van der Waals surface area contributed by atoms with E-state index in [1.54, 1.807) is 6.08 Å². The van der Waals surface area contributed by atoms with Crippen LogP contribution in [-0.2, 0) is 0 Å². The number of hydrogen-bond acceptors (Lipinski definition) is 3. The number of ether oxygens (including phenoxy) is 1. The van der Waals surface area contributed by atoms with Gasteiger partial charge in [-0.1, -0.05) is 61.2 Å². The quantitative estimate of drug-likeness (QED) is 0.298. The summed E-state index contributed by atoms with van der Waals surface area (Å²) in [6, 6.07) is 27.9. The molecule has 0 N–H and O–H groups in total. The van der Waals surface area contributed by atoms with Crippen molar-refractivity contribution in [1.29, 1.82) is 0 Å². The molecule has 0 saturated heterocycles. The average molecular weight is 379 g/mol. The summed E-state index contributed by atoms with van der Waals surface area (Å²) in [5, 5.41) is 4.78. The van der Waals surface area contributed by atoms with Crippen LogP contribution in [0.4, 0.5) is 5.69 Å². The number of nitrogens with zero attached hydrogens (tertiary/aromatic N) is 3. The molecule has 0 amide bonds. The highest BCUT2D eigenvalue weighted by atomic mass is 16.5. The summed E-state index contributed by atoms with van der Waals surface area (Å²) in [5.74, 6) is 0.809. The molecule has 3 aromatic carbocycles. The summed E-state index contributed by atoms with van der Waals surface area (Å²) in [6.07, 6.45) is 5.52. The Hall–Kier alpha value is -3.92. The normalized spacial score (nSPS) is 10.9. The van der Waals surface area contributed by atoms with E-state index in [9.17, 15) is 0 Å². The molecule has 0 fully saturated rings. The van der Waals surface area contributed by atoms with E-state index in [0.29, 0.717) is 6.61 Å². The molecule has 0 aliphatic heterocycles. The van der Waals surface area contributed by atoms with Gasteiger partial charge in [0.1, 0.15) is 23.7 Å². The summed E-state index contributed by atoms with van der Waals surface area (Å²) in [6.45, 7) is 4.15. The van der Waals surface area contributed by atoms with Crippen LogP contribution < -0.4 is 4.74 Å². The Morgan fingerprint density at radius 2 is 1.59 bits per heavy atom. The lowest BCUT2D eigenvalue weighted by Crippen LogP contribution is -1.93. The monoisotopic (exact) mass is 379 g/mol. The Morgan fingerprint density at radius 3 is 2.28 bits per heavy atom. The molecule has 1 heterocycles. The van der Waals surface area contributed by atoms with E-state index in [1.807, 2.05) is 102 Å². The number of rotatable bonds is 7. The molecule has 0 spiro atoms. The molecule has 29 heavy (non-hydrogen) atoms. The lowest BCUT2D eigenvalue weighted by molar-refractivity contribution is 0.363. The van der Waals surface area contributed by atoms with Crippen molar-refractivity contribution in [2.45, 2.75) is 0 Å². The van der Waals surface area contributed by atoms with E-state index in [-0.39, 0.29) is 0 Å². The highest BCUT2D eigenvalue weighted by Crippen LogP contribution is 2.30. The lowest BCUT2D eigenvalue weighted by atomic mass is 10.1. The summed E-state index contributed by atoms with van der Waals surface area (Å²) in [4.78, 5) is 4.73. The highest BCUT2D eigenvalue weighted by molar-refractivity contribution is 5.85. The van der Waals surface area contributed by atoms with Gasteiger partial charge >= 0.3 is 0 Å². The van der Waals surface area contributed by atoms with Crippen LogP contribution in [0, 0.1) is 0 Å². The minimum atomic E-state index is 0.493. The molecule has 0 radical (unpaired) electrons. The topological polar surface area (TPSA) is 39.4 Å². The second-order valence-corrected chi connectivity index (χ2v) is 6.44. The predicted octanol–water partition coefficient (Wildman–Crippen LogP) is 5.85. The van der Waals surface area contributed by atoms with Crippen LogP contribution in [0.25, 0.3) is 16.9 Å². The van der Waals surface area contributed by atoms with Gasteiger partial charge in [0.05, 0.1) is 11.9 Å². The average Bonchev–Trinajstić information content (AvgIpc) is 3.22. The first-order valence-corrected chi connectivity index (χ1v) is 9.42. The van der Waals surface area contributed by atoms with Gasteiger partial charge in [-0.15, -0.1) is 0 Å². The van der Waals surface area contributed by atoms with Gasteiger partial charge in [0, 0.05) is 11.8 Å². The first kappa shape index (κ1) is 18.4. The Labute approximate surface area is 170 Å². The van der Waals surface area contributed by atoms with Gasteiger partial charge in [-0.25, -0.2) is 4.68 Å². The Bertz CT molecular complexity index is 1100. The molecule has 0 bridgehead atoms. The largest absolute Gasteiger partial charge is 0.490 e. The molecule has 0 aliphatic rings. The lowest BCUT2D eigenvalue weighted by Gasteiger charge is -2.02. The standard InChI is InChI=1S/C25H21N3O/c1-2-17-29-23-15-13-20(14-16-23)18-26-24-19-28(22-11-7-4-8-12-22)27-25(24)21-9-5-3-6-10-21/h2-16,18-19H,1,17H2. The number of aliphatic imine (C=N–C) groups is 1. The fourth-order valence-corrected chi connectivity index (χ4v) is 2.92. The zero-order valence-corrected chi connectivity index (χ0v) is 16.0. The third-order valence-electron chi connectivity index (χ3n) is 4.36. The minimum Gasteiger partial charge on any atom is -0.490 e. The minimum absolute atomic E-state index is 0.493. The molecule has 4 rings (SSSR count). The molecule has 0 unspecified atom stereocenters. The molecule has 4 nitrogen and oxygen atoms in total. The molecule has 0 saturated carbocycles. The van der Waals surface area contributed by atoms with Gasteiger partial charge in [0.2, 0.25) is 0 Å². The van der Waals surface area contributed by atoms with Crippen molar-refractivity contribution >= 4 is 11.9 Å². The van der Waals surface area contributed by atoms with Gasteiger partial charge in [-0.05, 0) is 42.0 Å². The fraction of sp³-hybridized carbons (Fsp3) is 0.0400. The van der Waals surface area contributed by atoms with Crippen LogP contribution in [0.1, 0.15) is 5.56 Å². The van der Waals surface area contributed by atoms with Crippen molar-refractivity contribution in [3.05, 3.63) is 109 Å². The number of aromatic nitrogens is 2. The van der Waals surface area contributed by atoms with Crippen molar-refractivity contribution in [2.75, 3.05) is 6.61 Å². The van der Waals surface area contributed by atoms with Crippen molar-refractivity contribution in [1.82, 2.24) is 9.78 Å². The highest BCUT2D eigenvalue weighted by Gasteiger charge is 2.11. The summed E-state index contributed by atoms with van der Waals surface area (Å²) >= 11 is 0. The molecule has 1 aromatic heterocycles. The van der Waals surface area contributed by atoms with Crippen LogP contribution >= 0.6 is 0 Å². The molecule has 0 atom stereocenters. The summed E-state index contributed by atoms with van der Waals surface area (Å²) < 4.78 is 7.39. The van der Waals surface area contributed by atoms with Crippen LogP contribution in [0.15, 0.2) is 109 Å². The molecule has 142 valence electrons. The van der Waals surface area contributed by atoms with E-state index < -0.39 is 0 Å². The maximum absolute atomic E-state index is 5.53. The van der Waals surface area contributed by atoms with Crippen molar-refractivity contribution < 1.29 is 4.74 Å². The van der Waals surface area contributed by atoms with E-state index >= 15 is 0 Å². The predicted molar refractivity (Wildman–Crippen MR) is 118 cm³/mol. The van der Waals surface area contributed by atoms with Crippen LogP contribution in [0.5, 0.6) is 5.75 Å².